The first-order valence-electron chi connectivity index (χ1n) is 1.03. The van der Waals surface area contributed by atoms with Gasteiger partial charge in [-0.15, -0.1) is 0 Å². The fourth-order valence-corrected chi connectivity index (χ4v) is 0. The van der Waals surface area contributed by atoms with Crippen LogP contribution in [0.4, 0.5) is 0 Å². The van der Waals surface area contributed by atoms with Crippen molar-refractivity contribution in [1.82, 2.24) is 0 Å². The van der Waals surface area contributed by atoms with Crippen LogP contribution in [0.2, 0.25) is 5.71 Å². The molecule has 0 aromatic rings. The van der Waals surface area contributed by atoms with E-state index in [1.54, 1.807) is 0 Å². The molecule has 6 heavy (non-hydrogen) atoms. The third-order valence-corrected chi connectivity index (χ3v) is 0. The van der Waals surface area contributed by atoms with Gasteiger partial charge in [0.05, 0.1) is 0 Å². The van der Waals surface area contributed by atoms with Crippen molar-refractivity contribution in [3.63, 3.8) is 0 Å². The third-order valence-electron chi connectivity index (χ3n) is 0. The Balaban J connectivity index is -0.0000000267. The molecule has 0 amide bonds. The van der Waals surface area contributed by atoms with Gasteiger partial charge in [-0.05, 0) is 0 Å². The normalized spacial score (nSPS) is 9.83. The van der Waals surface area contributed by atoms with Crippen molar-refractivity contribution in [2.45, 2.75) is 5.71 Å². The van der Waals surface area contributed by atoms with Crippen LogP contribution >= 0.6 is 0 Å². The smallest absolute Gasteiger partial charge is 1.00 e. The largest absolute Gasteiger partial charge is 2.00 e. The summed E-state index contributed by atoms with van der Waals surface area (Å²) < 4.78 is 24.8. The molecule has 0 unspecified atom stereocenters. The molecule has 0 aliphatic rings. The molecule has 0 rings (SSSR count). The molecule has 0 saturated heterocycles. The molecule has 0 radical (unpaired) electrons. The molecule has 0 aromatic carbocycles. The van der Waals surface area contributed by atoms with Crippen LogP contribution < -0.4 is 0 Å². The van der Waals surface area contributed by atoms with Gasteiger partial charge < -0.3 is 2.85 Å². The monoisotopic (exact) mass is 182 g/mol. The summed E-state index contributed by atoms with van der Waals surface area (Å²) in [7, 11) is 0. The van der Waals surface area contributed by atoms with E-state index >= 15 is 0 Å². The summed E-state index contributed by atoms with van der Waals surface area (Å²) in [6.07, 6.45) is 0. The van der Waals surface area contributed by atoms with Crippen molar-refractivity contribution >= 4 is 51.9 Å². The number of hydrogen-bond acceptors (Lipinski definition) is 1. The Morgan fingerprint density at radius 1 is 1.67 bits per heavy atom. The molecule has 0 aromatic heterocycles. The average Bonchev–Trinajstić information content (AvgIpc) is 0.722. The minimum atomic E-state index is -4.12. The first-order valence-corrected chi connectivity index (χ1v) is 5.35. The maximum atomic E-state index is 9.39. The van der Waals surface area contributed by atoms with Crippen LogP contribution in [-0.4, -0.2) is 60.1 Å². The summed E-state index contributed by atoms with van der Waals surface area (Å²) in [6, 6.07) is 0. The second-order valence-corrected chi connectivity index (χ2v) is 4.34. The van der Waals surface area contributed by atoms with Crippen LogP contribution in [0.15, 0.2) is 0 Å². The molecule has 0 spiro atoms. The quantitative estimate of drug-likeness (QED) is 0.463. The van der Waals surface area contributed by atoms with Crippen molar-refractivity contribution in [2.75, 3.05) is 0 Å². The Bertz CT molecular complexity index is 63.4. The Morgan fingerprint density at radius 2 is 1.67 bits per heavy atom. The Labute approximate surface area is 71.7 Å². The molecule has 0 atom stereocenters. The zero-order valence-corrected chi connectivity index (χ0v) is 7.54. The van der Waals surface area contributed by atoms with Crippen LogP contribution in [0.25, 0.3) is 0 Å². The first-order chi connectivity index (χ1) is 2.00. The molecule has 36 valence electrons. The van der Waals surface area contributed by atoms with Crippen molar-refractivity contribution < 1.29 is 14.8 Å². The molecule has 0 heterocycles. The van der Waals surface area contributed by atoms with Gasteiger partial charge in [-0.2, -0.15) is 0 Å². The summed E-state index contributed by atoms with van der Waals surface area (Å²) in [5, 5.41) is 0. The predicted molar refractivity (Wildman–Crippen MR) is 24.7 cm³/mol. The van der Waals surface area contributed by atoms with Gasteiger partial charge in [-0.1, -0.05) is 0 Å². The Hall–Kier alpha value is 1.54. The first kappa shape index (κ1) is 10.5. The standard InChI is InChI=1S/CH5AsO3.Ca.2H/c1-2(3,4)5;;;/h1H3,(H2,3,4,5);;;/q;+2;2*-1. The topological polar surface area (TPSA) is 57.5 Å². The van der Waals surface area contributed by atoms with Crippen molar-refractivity contribution in [3.05, 3.63) is 0 Å². The van der Waals surface area contributed by atoms with Crippen LogP contribution in [0, 0.1) is 0 Å². The molecule has 5 heteroatoms. The second kappa shape index (κ2) is 3.53. The van der Waals surface area contributed by atoms with Crippen LogP contribution in [0.5, 0.6) is 0 Å². The summed E-state index contributed by atoms with van der Waals surface area (Å²) in [5.41, 5.74) is 0.915. The summed E-state index contributed by atoms with van der Waals surface area (Å²) in [4.78, 5) is 0. The fourth-order valence-electron chi connectivity index (χ4n) is 0. The van der Waals surface area contributed by atoms with Crippen LogP contribution in [-0.2, 0) is 3.74 Å². The minimum absolute atomic E-state index is 0. The third kappa shape index (κ3) is 48.2. The molecular weight excluding hydrogens is 175 g/mol. The van der Waals surface area contributed by atoms with E-state index in [9.17, 15) is 3.74 Å². The fraction of sp³-hybridized carbons (Fsp3) is 1.00. The maximum absolute atomic E-state index is 9.39. The Kier molecular flexibility index (Phi) is 6.18. The van der Waals surface area contributed by atoms with E-state index in [4.69, 9.17) is 8.19 Å². The van der Waals surface area contributed by atoms with Gasteiger partial charge in [-0.3, -0.25) is 0 Å². The van der Waals surface area contributed by atoms with E-state index < -0.39 is 14.2 Å². The van der Waals surface area contributed by atoms with E-state index in [1.807, 2.05) is 0 Å². The zero-order chi connectivity index (χ0) is 4.50. The van der Waals surface area contributed by atoms with E-state index in [0.717, 1.165) is 5.71 Å². The average molecular weight is 182 g/mol. The van der Waals surface area contributed by atoms with Gasteiger partial charge in [0.2, 0.25) is 0 Å². The molecule has 0 aliphatic heterocycles. The molecule has 0 aliphatic carbocycles. The molecule has 0 saturated carbocycles. The summed E-state index contributed by atoms with van der Waals surface area (Å²) >= 11 is -4.12. The molecule has 3 nitrogen and oxygen atoms in total. The molecule has 2 N–H and O–H groups in total. The summed E-state index contributed by atoms with van der Waals surface area (Å²) in [6.45, 7) is 0. The summed E-state index contributed by atoms with van der Waals surface area (Å²) in [5.74, 6) is 0. The molecule has 0 fully saturated rings. The van der Waals surface area contributed by atoms with Crippen molar-refractivity contribution in [2.24, 2.45) is 0 Å². The molecule has 0 bridgehead atoms. The zero-order valence-electron chi connectivity index (χ0n) is 5.46. The van der Waals surface area contributed by atoms with Gasteiger partial charge >= 0.3 is 69.6 Å². The SMILES string of the molecule is C[As](=O)(O)O.[Ca+2].[H-].[H-]. The van der Waals surface area contributed by atoms with Crippen molar-refractivity contribution in [3.8, 4) is 0 Å². The van der Waals surface area contributed by atoms with Gasteiger partial charge in [-0.25, -0.2) is 0 Å². The maximum Gasteiger partial charge on any atom is 2.00 e. The molecular formula is CH7AsCaO3. The number of rotatable bonds is 0. The minimum Gasteiger partial charge on any atom is -1.00 e. The van der Waals surface area contributed by atoms with Crippen LogP contribution in [0.3, 0.4) is 0 Å². The van der Waals surface area contributed by atoms with Gasteiger partial charge in [0.1, 0.15) is 0 Å². The second-order valence-electron chi connectivity index (χ2n) is 0.835. The van der Waals surface area contributed by atoms with E-state index in [0.29, 0.717) is 0 Å². The van der Waals surface area contributed by atoms with E-state index in [1.165, 1.54) is 0 Å². The van der Waals surface area contributed by atoms with Crippen LogP contribution in [0.1, 0.15) is 2.85 Å². The van der Waals surface area contributed by atoms with Crippen molar-refractivity contribution in [1.29, 1.82) is 0 Å². The van der Waals surface area contributed by atoms with E-state index in [2.05, 4.69) is 0 Å². The van der Waals surface area contributed by atoms with Gasteiger partial charge in [0.25, 0.3) is 0 Å². The number of hydrogen-bond donors (Lipinski definition) is 2. The Morgan fingerprint density at radius 3 is 1.67 bits per heavy atom. The van der Waals surface area contributed by atoms with Gasteiger partial charge in [0, 0.05) is 0 Å². The van der Waals surface area contributed by atoms with Gasteiger partial charge in [0.15, 0.2) is 0 Å². The predicted octanol–water partition coefficient (Wildman–Crippen LogP) is -1.19. The van der Waals surface area contributed by atoms with E-state index in [-0.39, 0.29) is 40.6 Å².